The number of fused-ring (bicyclic) bond motifs is 1. The number of hydrogen-bond donors (Lipinski definition) is 1. The van der Waals surface area contributed by atoms with Crippen LogP contribution in [0.4, 0.5) is 5.95 Å². The Hall–Kier alpha value is -3.72. The molecule has 1 aliphatic rings. The molecule has 4 aromatic rings. The summed E-state index contributed by atoms with van der Waals surface area (Å²) in [5.74, 6) is 0.573. The Labute approximate surface area is 207 Å². The van der Waals surface area contributed by atoms with Gasteiger partial charge in [0.2, 0.25) is 5.95 Å². The highest BCUT2D eigenvalue weighted by atomic mass is 32.1. The van der Waals surface area contributed by atoms with Crippen LogP contribution in [0.15, 0.2) is 54.7 Å². The second kappa shape index (κ2) is 9.87. The molecule has 1 saturated heterocycles. The van der Waals surface area contributed by atoms with E-state index in [1.807, 2.05) is 62.4 Å². The number of amides is 1. The standard InChI is InChI=1S/C26H26N6O2S/c1-16(21-10-6-7-11-27-21)28-26-30-22(23-24(31-26)29-17(2)35-23)25(34)32-14-19(15-32)13-20(33)12-18-8-4-3-5-9-18/h3-11,16,19H,12-15H2,1-2H3,(H,28,30,31). The fourth-order valence-corrected chi connectivity index (χ4v) is 5.11. The number of likely N-dealkylation sites (tertiary alicyclic amines) is 1. The maximum absolute atomic E-state index is 13.4. The molecule has 8 nitrogen and oxygen atoms in total. The molecule has 178 valence electrons. The number of nitrogens with zero attached hydrogens (tertiary/aromatic N) is 5. The molecular formula is C26H26N6O2S. The molecule has 1 fully saturated rings. The van der Waals surface area contributed by atoms with Crippen molar-refractivity contribution in [3.05, 3.63) is 76.7 Å². The van der Waals surface area contributed by atoms with Gasteiger partial charge in [-0.1, -0.05) is 36.4 Å². The molecule has 1 atom stereocenters. The van der Waals surface area contributed by atoms with Crippen molar-refractivity contribution in [3.63, 3.8) is 0 Å². The second-order valence-electron chi connectivity index (χ2n) is 8.88. The summed E-state index contributed by atoms with van der Waals surface area (Å²) in [6.45, 7) is 4.96. The van der Waals surface area contributed by atoms with Crippen LogP contribution in [0.5, 0.6) is 0 Å². The van der Waals surface area contributed by atoms with Gasteiger partial charge in [0, 0.05) is 38.0 Å². The molecule has 0 aliphatic carbocycles. The number of rotatable bonds is 8. The van der Waals surface area contributed by atoms with Crippen molar-refractivity contribution in [1.82, 2.24) is 24.8 Å². The Bertz CT molecular complexity index is 1350. The van der Waals surface area contributed by atoms with Crippen LogP contribution < -0.4 is 5.32 Å². The van der Waals surface area contributed by atoms with Crippen molar-refractivity contribution in [2.75, 3.05) is 18.4 Å². The lowest BCUT2D eigenvalue weighted by Crippen LogP contribution is -2.50. The summed E-state index contributed by atoms with van der Waals surface area (Å²) in [4.78, 5) is 45.6. The van der Waals surface area contributed by atoms with E-state index in [1.165, 1.54) is 11.3 Å². The number of benzene rings is 1. The lowest BCUT2D eigenvalue weighted by molar-refractivity contribution is -0.120. The number of nitrogens with one attached hydrogen (secondary N) is 1. The minimum atomic E-state index is -0.152. The van der Waals surface area contributed by atoms with Gasteiger partial charge in [0.1, 0.15) is 10.5 Å². The Morgan fingerprint density at radius 1 is 1.09 bits per heavy atom. The molecule has 9 heteroatoms. The molecular weight excluding hydrogens is 460 g/mol. The summed E-state index contributed by atoms with van der Waals surface area (Å²) >= 11 is 1.42. The number of hydrogen-bond acceptors (Lipinski definition) is 8. The molecule has 4 heterocycles. The van der Waals surface area contributed by atoms with Gasteiger partial charge in [-0.15, -0.1) is 11.3 Å². The summed E-state index contributed by atoms with van der Waals surface area (Å²) in [6.07, 6.45) is 2.65. The van der Waals surface area contributed by atoms with Gasteiger partial charge in [-0.05, 0) is 31.5 Å². The van der Waals surface area contributed by atoms with Gasteiger partial charge in [0.15, 0.2) is 11.3 Å². The first-order valence-corrected chi connectivity index (χ1v) is 12.5. The zero-order valence-electron chi connectivity index (χ0n) is 19.6. The van der Waals surface area contributed by atoms with Crippen molar-refractivity contribution in [1.29, 1.82) is 0 Å². The molecule has 35 heavy (non-hydrogen) atoms. The molecule has 1 amide bonds. The topological polar surface area (TPSA) is 101 Å². The van der Waals surface area contributed by atoms with Gasteiger partial charge >= 0.3 is 0 Å². The number of carbonyl (C=O) groups is 2. The first kappa shape index (κ1) is 23.0. The van der Waals surface area contributed by atoms with E-state index < -0.39 is 0 Å². The highest BCUT2D eigenvalue weighted by Crippen LogP contribution is 2.29. The zero-order chi connectivity index (χ0) is 24.4. The minimum Gasteiger partial charge on any atom is -0.346 e. The number of carbonyl (C=O) groups excluding carboxylic acids is 2. The first-order chi connectivity index (χ1) is 17.0. The number of Topliss-reactive ketones (excluding diaryl/α,β-unsaturated/α-hetero) is 1. The Balaban J connectivity index is 1.27. The second-order valence-corrected chi connectivity index (χ2v) is 10.1. The summed E-state index contributed by atoms with van der Waals surface area (Å²) in [5, 5.41) is 4.08. The average Bonchev–Trinajstić information content (AvgIpc) is 3.21. The molecule has 1 aromatic carbocycles. The van der Waals surface area contributed by atoms with Gasteiger partial charge in [0.25, 0.3) is 5.91 Å². The minimum absolute atomic E-state index is 0.139. The van der Waals surface area contributed by atoms with E-state index in [2.05, 4.69) is 25.3 Å². The summed E-state index contributed by atoms with van der Waals surface area (Å²) in [7, 11) is 0. The molecule has 0 radical (unpaired) electrons. The van der Waals surface area contributed by atoms with Crippen LogP contribution in [0.1, 0.15) is 46.1 Å². The lowest BCUT2D eigenvalue weighted by Gasteiger charge is -2.38. The van der Waals surface area contributed by atoms with E-state index in [9.17, 15) is 9.59 Å². The Kier molecular flexibility index (Phi) is 6.50. The lowest BCUT2D eigenvalue weighted by atomic mass is 9.91. The van der Waals surface area contributed by atoms with E-state index in [1.54, 1.807) is 11.1 Å². The van der Waals surface area contributed by atoms with Crippen LogP contribution in [-0.4, -0.2) is 49.6 Å². The van der Waals surface area contributed by atoms with Gasteiger partial charge in [-0.2, -0.15) is 4.98 Å². The maximum Gasteiger partial charge on any atom is 0.274 e. The van der Waals surface area contributed by atoms with E-state index in [-0.39, 0.29) is 23.7 Å². The SMILES string of the molecule is Cc1nc2nc(NC(C)c3ccccn3)nc(C(=O)N3CC(CC(=O)Cc4ccccc4)C3)c2s1. The number of aryl methyl sites for hydroxylation is 1. The van der Waals surface area contributed by atoms with E-state index in [4.69, 9.17) is 0 Å². The Morgan fingerprint density at radius 3 is 2.60 bits per heavy atom. The van der Waals surface area contributed by atoms with Crippen molar-refractivity contribution >= 4 is 39.3 Å². The smallest absolute Gasteiger partial charge is 0.274 e. The third kappa shape index (κ3) is 5.19. The molecule has 0 spiro atoms. The predicted octanol–water partition coefficient (Wildman–Crippen LogP) is 4.24. The number of pyridine rings is 1. The Morgan fingerprint density at radius 2 is 1.86 bits per heavy atom. The molecule has 5 rings (SSSR count). The summed E-state index contributed by atoms with van der Waals surface area (Å²) in [6, 6.07) is 15.3. The van der Waals surface area contributed by atoms with Gasteiger partial charge in [0.05, 0.1) is 16.7 Å². The van der Waals surface area contributed by atoms with Gasteiger partial charge < -0.3 is 10.2 Å². The van der Waals surface area contributed by atoms with Gasteiger partial charge in [-0.3, -0.25) is 14.6 Å². The molecule has 3 aromatic heterocycles. The summed E-state index contributed by atoms with van der Waals surface area (Å²) < 4.78 is 0.687. The van der Waals surface area contributed by atoms with Crippen LogP contribution in [0.3, 0.4) is 0 Å². The largest absolute Gasteiger partial charge is 0.346 e. The fraction of sp³-hybridized carbons (Fsp3) is 0.308. The zero-order valence-corrected chi connectivity index (χ0v) is 20.5. The third-order valence-corrected chi connectivity index (χ3v) is 7.01. The van der Waals surface area contributed by atoms with Crippen LogP contribution >= 0.6 is 11.3 Å². The normalized spacial score (nSPS) is 14.5. The van der Waals surface area contributed by atoms with Crippen LogP contribution in [-0.2, 0) is 11.2 Å². The van der Waals surface area contributed by atoms with Crippen molar-refractivity contribution in [3.8, 4) is 0 Å². The molecule has 1 aliphatic heterocycles. The van der Waals surface area contributed by atoms with Crippen molar-refractivity contribution in [2.24, 2.45) is 5.92 Å². The van der Waals surface area contributed by atoms with E-state index in [0.29, 0.717) is 47.9 Å². The van der Waals surface area contributed by atoms with Crippen LogP contribution in [0.2, 0.25) is 0 Å². The van der Waals surface area contributed by atoms with Crippen molar-refractivity contribution < 1.29 is 9.59 Å². The first-order valence-electron chi connectivity index (χ1n) is 11.6. The van der Waals surface area contributed by atoms with Crippen LogP contribution in [0, 0.1) is 12.8 Å². The maximum atomic E-state index is 13.4. The molecule has 0 saturated carbocycles. The molecule has 0 bridgehead atoms. The third-order valence-electron chi connectivity index (χ3n) is 6.05. The monoisotopic (exact) mass is 486 g/mol. The summed E-state index contributed by atoms with van der Waals surface area (Å²) in [5.41, 5.74) is 2.74. The molecule has 1 N–H and O–H groups in total. The average molecular weight is 487 g/mol. The van der Waals surface area contributed by atoms with Crippen LogP contribution in [0.25, 0.3) is 10.3 Å². The number of thiazole rings is 1. The fourth-order valence-electron chi connectivity index (χ4n) is 4.27. The highest BCUT2D eigenvalue weighted by molar-refractivity contribution is 7.18. The number of anilines is 1. The highest BCUT2D eigenvalue weighted by Gasteiger charge is 2.34. The van der Waals surface area contributed by atoms with E-state index in [0.717, 1.165) is 16.3 Å². The van der Waals surface area contributed by atoms with Crippen molar-refractivity contribution in [2.45, 2.75) is 32.7 Å². The number of aromatic nitrogens is 4. The predicted molar refractivity (Wildman–Crippen MR) is 135 cm³/mol. The van der Waals surface area contributed by atoms with E-state index >= 15 is 0 Å². The van der Waals surface area contributed by atoms with Gasteiger partial charge in [-0.25, -0.2) is 9.97 Å². The molecule has 1 unspecified atom stereocenters. The number of ketones is 1. The quantitative estimate of drug-likeness (QED) is 0.398.